The summed E-state index contributed by atoms with van der Waals surface area (Å²) in [7, 11) is -3.72. The van der Waals surface area contributed by atoms with Crippen molar-refractivity contribution in [1.82, 2.24) is 9.62 Å². The summed E-state index contributed by atoms with van der Waals surface area (Å²) in [5.41, 5.74) is 0.837. The smallest absolute Gasteiger partial charge is 0.340 e. The Kier molecular flexibility index (Phi) is 8.53. The number of anilines is 1. The lowest BCUT2D eigenvalue weighted by molar-refractivity contribution is -0.125. The molecule has 0 radical (unpaired) electrons. The van der Waals surface area contributed by atoms with Crippen molar-refractivity contribution in [2.24, 2.45) is 0 Å². The molecular formula is C23H35N3O5S. The largest absolute Gasteiger partial charge is 0.452 e. The quantitative estimate of drug-likeness (QED) is 0.564. The van der Waals surface area contributed by atoms with Crippen LogP contribution < -0.4 is 10.2 Å². The maximum absolute atomic E-state index is 13.0. The monoisotopic (exact) mass is 465 g/mol. The normalized spacial score (nSPS) is 17.5. The maximum Gasteiger partial charge on any atom is 0.340 e. The molecular weight excluding hydrogens is 430 g/mol. The Morgan fingerprint density at radius 2 is 1.72 bits per heavy atom. The van der Waals surface area contributed by atoms with Gasteiger partial charge in [-0.25, -0.2) is 13.2 Å². The number of nitrogens with one attached hydrogen (secondary N) is 1. The summed E-state index contributed by atoms with van der Waals surface area (Å²) in [5.74, 6) is -0.998. The van der Waals surface area contributed by atoms with E-state index in [-0.39, 0.29) is 29.0 Å². The number of nitrogens with zero attached hydrogens (tertiary/aromatic N) is 2. The first kappa shape index (κ1) is 24.5. The molecule has 1 N–H and O–H groups in total. The fourth-order valence-electron chi connectivity index (χ4n) is 4.51. The molecule has 2 aliphatic rings. The molecule has 1 aliphatic carbocycles. The predicted molar refractivity (Wildman–Crippen MR) is 123 cm³/mol. The summed E-state index contributed by atoms with van der Waals surface area (Å²) in [6, 6.07) is 4.76. The summed E-state index contributed by atoms with van der Waals surface area (Å²) in [6.45, 7) is 5.46. The van der Waals surface area contributed by atoms with Crippen LogP contribution in [0.4, 0.5) is 5.69 Å². The second kappa shape index (κ2) is 11.1. The molecule has 1 aliphatic heterocycles. The Labute approximate surface area is 191 Å². The van der Waals surface area contributed by atoms with E-state index in [1.807, 2.05) is 0 Å². The van der Waals surface area contributed by atoms with Gasteiger partial charge in [-0.2, -0.15) is 4.31 Å². The third-order valence-corrected chi connectivity index (χ3v) is 8.33. The van der Waals surface area contributed by atoms with Gasteiger partial charge in [0, 0.05) is 32.2 Å². The lowest BCUT2D eigenvalue weighted by Gasteiger charge is -2.24. The zero-order valence-corrected chi connectivity index (χ0v) is 20.0. The van der Waals surface area contributed by atoms with E-state index in [0.717, 1.165) is 51.6 Å². The SMILES string of the molecule is CCN(CC)S(=O)(=O)c1ccc(N2CCCC2)c(C(=O)OCC(=O)NC2CCCCC2)c1. The number of carbonyl (C=O) groups excluding carboxylic acids is 2. The Morgan fingerprint density at radius 1 is 1.06 bits per heavy atom. The standard InChI is InChI=1S/C23H35N3O5S/c1-3-26(4-2)32(29,30)19-12-13-21(25-14-8-9-15-25)20(16-19)23(28)31-17-22(27)24-18-10-6-5-7-11-18/h12-13,16,18H,3-11,14-15,17H2,1-2H3,(H,24,27). The van der Waals surface area contributed by atoms with Crippen LogP contribution in [0.15, 0.2) is 23.1 Å². The van der Waals surface area contributed by atoms with Crippen molar-refractivity contribution in [3.05, 3.63) is 23.8 Å². The number of rotatable bonds is 9. The van der Waals surface area contributed by atoms with Gasteiger partial charge in [0.1, 0.15) is 0 Å². The second-order valence-corrected chi connectivity index (χ2v) is 10.4. The van der Waals surface area contributed by atoms with Gasteiger partial charge in [0.15, 0.2) is 6.61 Å². The van der Waals surface area contributed by atoms with E-state index in [1.165, 1.54) is 16.8 Å². The molecule has 0 spiro atoms. The number of ether oxygens (including phenoxy) is 1. The van der Waals surface area contributed by atoms with Crippen molar-refractivity contribution in [2.45, 2.75) is 69.7 Å². The van der Waals surface area contributed by atoms with Crippen LogP contribution in [0.1, 0.15) is 69.2 Å². The van der Waals surface area contributed by atoms with Crippen LogP contribution in [0, 0.1) is 0 Å². The van der Waals surface area contributed by atoms with E-state index < -0.39 is 16.0 Å². The molecule has 0 bridgehead atoms. The number of benzene rings is 1. The molecule has 178 valence electrons. The Bertz CT molecular complexity index is 902. The summed E-state index contributed by atoms with van der Waals surface area (Å²) in [5, 5.41) is 2.93. The molecule has 1 heterocycles. The molecule has 2 fully saturated rings. The molecule has 0 aromatic heterocycles. The van der Waals surface area contributed by atoms with Crippen LogP contribution in [0.3, 0.4) is 0 Å². The van der Waals surface area contributed by atoms with Gasteiger partial charge in [-0.15, -0.1) is 0 Å². The predicted octanol–water partition coefficient (Wildman–Crippen LogP) is 2.92. The number of carbonyl (C=O) groups is 2. The second-order valence-electron chi connectivity index (χ2n) is 8.44. The van der Waals surface area contributed by atoms with Crippen molar-refractivity contribution in [1.29, 1.82) is 0 Å². The molecule has 3 rings (SSSR count). The summed E-state index contributed by atoms with van der Waals surface area (Å²) in [4.78, 5) is 27.4. The average Bonchev–Trinajstić information content (AvgIpc) is 3.33. The van der Waals surface area contributed by atoms with Crippen molar-refractivity contribution in [2.75, 3.05) is 37.7 Å². The first-order valence-electron chi connectivity index (χ1n) is 11.7. The Balaban J connectivity index is 1.78. The maximum atomic E-state index is 13.0. The van der Waals surface area contributed by atoms with Gasteiger partial charge in [-0.1, -0.05) is 33.1 Å². The van der Waals surface area contributed by atoms with Crippen LogP contribution in [0.5, 0.6) is 0 Å². The molecule has 8 nitrogen and oxygen atoms in total. The zero-order valence-electron chi connectivity index (χ0n) is 19.1. The first-order valence-corrected chi connectivity index (χ1v) is 13.2. The van der Waals surface area contributed by atoms with E-state index in [1.54, 1.807) is 26.0 Å². The summed E-state index contributed by atoms with van der Waals surface area (Å²) < 4.78 is 32.6. The molecule has 1 saturated carbocycles. The van der Waals surface area contributed by atoms with Gasteiger partial charge in [0.25, 0.3) is 5.91 Å². The molecule has 1 aromatic rings. The van der Waals surface area contributed by atoms with Crippen molar-refractivity contribution >= 4 is 27.6 Å². The van der Waals surface area contributed by atoms with Gasteiger partial charge in [-0.05, 0) is 43.9 Å². The third kappa shape index (κ3) is 5.81. The number of amides is 1. The highest BCUT2D eigenvalue weighted by molar-refractivity contribution is 7.89. The number of hydrogen-bond donors (Lipinski definition) is 1. The topological polar surface area (TPSA) is 96.0 Å². The molecule has 0 unspecified atom stereocenters. The van der Waals surface area contributed by atoms with Crippen molar-refractivity contribution in [3.8, 4) is 0 Å². The molecule has 9 heteroatoms. The minimum Gasteiger partial charge on any atom is -0.452 e. The van der Waals surface area contributed by atoms with Gasteiger partial charge in [-0.3, -0.25) is 4.79 Å². The summed E-state index contributed by atoms with van der Waals surface area (Å²) in [6.07, 6.45) is 7.30. The highest BCUT2D eigenvalue weighted by Gasteiger charge is 2.27. The van der Waals surface area contributed by atoms with Gasteiger partial charge in [0.2, 0.25) is 10.0 Å². The number of hydrogen-bond acceptors (Lipinski definition) is 6. The lowest BCUT2D eigenvalue weighted by Crippen LogP contribution is -2.38. The molecule has 1 saturated heterocycles. The molecule has 1 aromatic carbocycles. The fraction of sp³-hybridized carbons (Fsp3) is 0.652. The average molecular weight is 466 g/mol. The van der Waals surface area contributed by atoms with Gasteiger partial charge in [0.05, 0.1) is 16.1 Å². The minimum absolute atomic E-state index is 0.0581. The van der Waals surface area contributed by atoms with Crippen LogP contribution in [0.2, 0.25) is 0 Å². The van der Waals surface area contributed by atoms with Crippen molar-refractivity contribution in [3.63, 3.8) is 0 Å². The summed E-state index contributed by atoms with van der Waals surface area (Å²) >= 11 is 0. The fourth-order valence-corrected chi connectivity index (χ4v) is 6.00. The zero-order chi connectivity index (χ0) is 23.1. The Hall–Kier alpha value is -2.13. The molecule has 1 amide bonds. The number of esters is 1. The van der Waals surface area contributed by atoms with E-state index in [4.69, 9.17) is 4.74 Å². The Morgan fingerprint density at radius 3 is 2.34 bits per heavy atom. The van der Waals surface area contributed by atoms with Crippen LogP contribution in [-0.4, -0.2) is 63.4 Å². The minimum atomic E-state index is -3.72. The van der Waals surface area contributed by atoms with Crippen LogP contribution in [0.25, 0.3) is 0 Å². The third-order valence-electron chi connectivity index (χ3n) is 6.28. The highest BCUT2D eigenvalue weighted by Crippen LogP contribution is 2.29. The van der Waals surface area contributed by atoms with E-state index >= 15 is 0 Å². The molecule has 0 atom stereocenters. The van der Waals surface area contributed by atoms with E-state index in [0.29, 0.717) is 18.8 Å². The molecule has 32 heavy (non-hydrogen) atoms. The first-order chi connectivity index (χ1) is 15.4. The lowest BCUT2D eigenvalue weighted by atomic mass is 9.95. The van der Waals surface area contributed by atoms with E-state index in [2.05, 4.69) is 10.2 Å². The van der Waals surface area contributed by atoms with Crippen molar-refractivity contribution < 1.29 is 22.7 Å². The number of sulfonamides is 1. The van der Waals surface area contributed by atoms with E-state index in [9.17, 15) is 18.0 Å². The highest BCUT2D eigenvalue weighted by atomic mass is 32.2. The van der Waals surface area contributed by atoms with Gasteiger partial charge >= 0.3 is 5.97 Å². The van der Waals surface area contributed by atoms with Crippen LogP contribution >= 0.6 is 0 Å². The van der Waals surface area contributed by atoms with Gasteiger partial charge < -0.3 is 15.0 Å². The van der Waals surface area contributed by atoms with Crippen LogP contribution in [-0.2, 0) is 19.6 Å².